The third-order valence-corrected chi connectivity index (χ3v) is 5.86. The number of hydrogen-bond donors (Lipinski definition) is 6. The molecule has 2 aliphatic rings. The summed E-state index contributed by atoms with van der Waals surface area (Å²) in [5.74, 6) is -0.674. The van der Waals surface area contributed by atoms with Gasteiger partial charge in [0.1, 0.15) is 30.2 Å². The Bertz CT molecular complexity index is 576. The predicted molar refractivity (Wildman–Crippen MR) is 97.0 cm³/mol. The molecule has 1 aliphatic carbocycles. The van der Waals surface area contributed by atoms with Crippen LogP contribution in [0, 0.1) is 11.3 Å². The van der Waals surface area contributed by atoms with Gasteiger partial charge in [0, 0.05) is 30.8 Å². The smallest absolute Gasteiger partial charge is 0.187 e. The highest BCUT2D eigenvalue weighted by Crippen LogP contribution is 2.46. The average molecular weight is 404 g/mol. The minimum atomic E-state index is -1.54. The second-order valence-corrected chi connectivity index (χ2v) is 8.41. The Hall–Kier alpha value is -0.910. The van der Waals surface area contributed by atoms with Gasteiger partial charge in [-0.1, -0.05) is 26.0 Å². The van der Waals surface area contributed by atoms with Crippen molar-refractivity contribution in [1.29, 1.82) is 0 Å². The summed E-state index contributed by atoms with van der Waals surface area (Å²) in [6.07, 6.45) is -4.32. The van der Waals surface area contributed by atoms with Gasteiger partial charge in [0.05, 0.1) is 18.3 Å². The van der Waals surface area contributed by atoms with Gasteiger partial charge in [-0.25, -0.2) is 0 Å². The SMILES string of the molecule is C[C@@H](/C=C/[C@@]1(O)[C@H](CO)CC(=O)CC1(C)C)O[C@@H]1O[C@H](CO)[C@@H](O)[C@H](O)[C@H]1O. The summed E-state index contributed by atoms with van der Waals surface area (Å²) in [5, 5.41) is 59.7. The van der Waals surface area contributed by atoms with E-state index in [1.54, 1.807) is 20.8 Å². The van der Waals surface area contributed by atoms with Crippen molar-refractivity contribution in [3.05, 3.63) is 12.2 Å². The van der Waals surface area contributed by atoms with Gasteiger partial charge in [-0.2, -0.15) is 0 Å². The zero-order valence-corrected chi connectivity index (χ0v) is 16.4. The molecule has 0 aromatic heterocycles. The van der Waals surface area contributed by atoms with E-state index in [-0.39, 0.29) is 25.2 Å². The molecule has 0 unspecified atom stereocenters. The first-order valence-corrected chi connectivity index (χ1v) is 9.47. The van der Waals surface area contributed by atoms with Crippen molar-refractivity contribution >= 4 is 5.78 Å². The van der Waals surface area contributed by atoms with Crippen LogP contribution in [0.2, 0.25) is 0 Å². The highest BCUT2D eigenvalue weighted by atomic mass is 16.7. The van der Waals surface area contributed by atoms with Gasteiger partial charge in [0.2, 0.25) is 0 Å². The van der Waals surface area contributed by atoms with Gasteiger partial charge < -0.3 is 40.1 Å². The number of carbonyl (C=O) groups excluding carboxylic acids is 1. The Morgan fingerprint density at radius 1 is 1.18 bits per heavy atom. The fourth-order valence-corrected chi connectivity index (χ4v) is 3.97. The molecule has 0 spiro atoms. The molecule has 2 fully saturated rings. The summed E-state index contributed by atoms with van der Waals surface area (Å²) in [4.78, 5) is 11.9. The third kappa shape index (κ3) is 4.47. The summed E-state index contributed by atoms with van der Waals surface area (Å²) in [6, 6.07) is 0. The van der Waals surface area contributed by atoms with Crippen LogP contribution in [0.1, 0.15) is 33.6 Å². The molecule has 0 aromatic rings. The van der Waals surface area contributed by atoms with Crippen molar-refractivity contribution in [2.24, 2.45) is 11.3 Å². The number of ketones is 1. The molecule has 0 aromatic carbocycles. The van der Waals surface area contributed by atoms with Crippen LogP contribution in [-0.2, 0) is 14.3 Å². The van der Waals surface area contributed by atoms with Gasteiger partial charge in [-0.15, -0.1) is 0 Å². The lowest BCUT2D eigenvalue weighted by atomic mass is 9.60. The van der Waals surface area contributed by atoms with E-state index in [0.717, 1.165) is 0 Å². The lowest BCUT2D eigenvalue weighted by molar-refractivity contribution is -0.306. The Labute approximate surface area is 164 Å². The first-order valence-electron chi connectivity index (χ1n) is 9.47. The molecule has 0 radical (unpaired) electrons. The van der Waals surface area contributed by atoms with E-state index in [9.17, 15) is 35.4 Å². The lowest BCUT2D eigenvalue weighted by Gasteiger charge is -2.48. The molecule has 1 saturated heterocycles. The van der Waals surface area contributed by atoms with E-state index in [1.807, 2.05) is 0 Å². The Morgan fingerprint density at radius 2 is 1.82 bits per heavy atom. The summed E-state index contributed by atoms with van der Waals surface area (Å²) in [5.41, 5.74) is -2.24. The Kier molecular flexibility index (Phi) is 7.38. The fraction of sp³-hybridized carbons (Fsp3) is 0.842. The number of Topliss-reactive ketones (excluding diaryl/α,β-unsaturated/α-hetero) is 1. The zero-order chi connectivity index (χ0) is 21.3. The fourth-order valence-electron chi connectivity index (χ4n) is 3.97. The summed E-state index contributed by atoms with van der Waals surface area (Å²) < 4.78 is 10.9. The van der Waals surface area contributed by atoms with Crippen molar-refractivity contribution in [2.75, 3.05) is 13.2 Å². The second kappa shape index (κ2) is 8.85. The second-order valence-electron chi connectivity index (χ2n) is 8.41. The molecule has 9 nitrogen and oxygen atoms in total. The van der Waals surface area contributed by atoms with Crippen LogP contribution in [0.25, 0.3) is 0 Å². The topological polar surface area (TPSA) is 157 Å². The standard InChI is InChI=1S/C19H32O9/c1-10(27-17-16(25)15(24)14(23)13(9-21)28-17)4-5-19(26)11(8-20)6-12(22)7-18(19,2)3/h4-5,10-11,13-17,20-21,23-26H,6-9H2,1-3H3/b5-4+/t10-,11-,13+,14+,15-,16+,17+,19+/m0/s1. The molecule has 1 heterocycles. The molecule has 9 heteroatoms. The van der Waals surface area contributed by atoms with Gasteiger partial charge in [-0.05, 0) is 6.92 Å². The highest BCUT2D eigenvalue weighted by Gasteiger charge is 2.52. The molecule has 1 saturated carbocycles. The van der Waals surface area contributed by atoms with E-state index < -0.39 is 60.4 Å². The van der Waals surface area contributed by atoms with E-state index in [0.29, 0.717) is 0 Å². The first kappa shape index (κ1) is 23.4. The van der Waals surface area contributed by atoms with Crippen molar-refractivity contribution in [3.63, 3.8) is 0 Å². The molecule has 0 bridgehead atoms. The predicted octanol–water partition coefficient (Wildman–Crippen LogP) is -1.52. The van der Waals surface area contributed by atoms with E-state index in [4.69, 9.17) is 9.47 Å². The first-order chi connectivity index (χ1) is 13.0. The summed E-state index contributed by atoms with van der Waals surface area (Å²) >= 11 is 0. The third-order valence-electron chi connectivity index (χ3n) is 5.86. The van der Waals surface area contributed by atoms with Gasteiger partial charge >= 0.3 is 0 Å². The van der Waals surface area contributed by atoms with Crippen LogP contribution in [0.3, 0.4) is 0 Å². The van der Waals surface area contributed by atoms with Crippen molar-refractivity contribution in [1.82, 2.24) is 0 Å². The molecular weight excluding hydrogens is 372 g/mol. The van der Waals surface area contributed by atoms with Gasteiger partial charge in [0.15, 0.2) is 6.29 Å². The molecule has 6 N–H and O–H groups in total. The van der Waals surface area contributed by atoms with E-state index in [1.165, 1.54) is 12.2 Å². The van der Waals surface area contributed by atoms with Crippen LogP contribution in [0.5, 0.6) is 0 Å². The molecular formula is C19H32O9. The molecule has 8 atom stereocenters. The number of rotatable bonds is 6. The minimum absolute atomic E-state index is 0.0206. The monoisotopic (exact) mass is 404 g/mol. The maximum absolute atomic E-state index is 11.9. The molecule has 2 rings (SSSR count). The van der Waals surface area contributed by atoms with Crippen LogP contribution in [0.15, 0.2) is 12.2 Å². The number of ether oxygens (including phenoxy) is 2. The van der Waals surface area contributed by atoms with E-state index in [2.05, 4.69) is 0 Å². The molecule has 0 amide bonds. The van der Waals surface area contributed by atoms with Crippen LogP contribution in [0.4, 0.5) is 0 Å². The van der Waals surface area contributed by atoms with Crippen LogP contribution < -0.4 is 0 Å². The highest BCUT2D eigenvalue weighted by molar-refractivity contribution is 5.81. The maximum Gasteiger partial charge on any atom is 0.187 e. The summed E-state index contributed by atoms with van der Waals surface area (Å²) in [7, 11) is 0. The quantitative estimate of drug-likeness (QED) is 0.289. The van der Waals surface area contributed by atoms with Crippen LogP contribution >= 0.6 is 0 Å². The average Bonchev–Trinajstić information content (AvgIpc) is 2.63. The van der Waals surface area contributed by atoms with Crippen molar-refractivity contribution < 1.29 is 44.9 Å². The van der Waals surface area contributed by atoms with Crippen molar-refractivity contribution in [2.45, 2.75) is 76.0 Å². The largest absolute Gasteiger partial charge is 0.396 e. The van der Waals surface area contributed by atoms with Crippen LogP contribution in [-0.4, -0.2) is 92.0 Å². The van der Waals surface area contributed by atoms with Gasteiger partial charge in [0.25, 0.3) is 0 Å². The zero-order valence-electron chi connectivity index (χ0n) is 16.4. The minimum Gasteiger partial charge on any atom is -0.396 e. The number of aliphatic hydroxyl groups excluding tert-OH is 5. The normalized spacial score (nSPS) is 42.7. The lowest BCUT2D eigenvalue weighted by Crippen LogP contribution is -2.59. The van der Waals surface area contributed by atoms with Gasteiger partial charge in [-0.3, -0.25) is 4.79 Å². The summed E-state index contributed by atoms with van der Waals surface area (Å²) in [6.45, 7) is 4.21. The van der Waals surface area contributed by atoms with Crippen molar-refractivity contribution in [3.8, 4) is 0 Å². The maximum atomic E-state index is 11.9. The number of hydrogen-bond acceptors (Lipinski definition) is 9. The number of carbonyl (C=O) groups is 1. The molecule has 28 heavy (non-hydrogen) atoms. The molecule has 162 valence electrons. The Morgan fingerprint density at radius 3 is 2.39 bits per heavy atom. The number of aliphatic hydroxyl groups is 6. The van der Waals surface area contributed by atoms with E-state index >= 15 is 0 Å². The Balaban J connectivity index is 2.11. The molecule has 1 aliphatic heterocycles.